The topological polar surface area (TPSA) is 39.3 Å². The monoisotopic (exact) mass is 314 g/mol. The van der Waals surface area contributed by atoms with Crippen molar-refractivity contribution in [1.82, 2.24) is 19.6 Å². The molecule has 0 atom stereocenters. The highest BCUT2D eigenvalue weighted by Crippen LogP contribution is 2.05. The zero-order chi connectivity index (χ0) is 16.4. The largest absolute Gasteiger partial charge is 0.448 e. The molecule has 0 bridgehead atoms. The number of amides is 1. The van der Waals surface area contributed by atoms with Gasteiger partial charge in [0.2, 0.25) is 0 Å². The van der Waals surface area contributed by atoms with E-state index in [1.807, 2.05) is 4.90 Å². The summed E-state index contributed by atoms with van der Waals surface area (Å²) in [6, 6.07) is 0. The number of carbonyl (C=O) groups excluding carboxylic acids is 1. The number of ether oxygens (including phenoxy) is 1. The van der Waals surface area contributed by atoms with Gasteiger partial charge in [-0.2, -0.15) is 0 Å². The summed E-state index contributed by atoms with van der Waals surface area (Å²) in [7, 11) is 4.21. The van der Waals surface area contributed by atoms with Crippen LogP contribution in [0.4, 0.5) is 4.79 Å². The van der Waals surface area contributed by atoms with Crippen LogP contribution in [0.25, 0.3) is 0 Å². The van der Waals surface area contributed by atoms with E-state index in [1.54, 1.807) is 0 Å². The van der Waals surface area contributed by atoms with E-state index in [0.717, 1.165) is 58.9 Å². The Labute approximate surface area is 136 Å². The molecule has 0 saturated carbocycles. The molecule has 0 spiro atoms. The summed E-state index contributed by atoms with van der Waals surface area (Å²) in [4.78, 5) is 20.8. The van der Waals surface area contributed by atoms with Gasteiger partial charge in [-0.15, -0.1) is 0 Å². The molecule has 130 valence electrons. The number of piperazine rings is 1. The van der Waals surface area contributed by atoms with Gasteiger partial charge in [0, 0.05) is 32.7 Å². The molecule has 0 N–H and O–H groups in total. The van der Waals surface area contributed by atoms with Gasteiger partial charge in [-0.1, -0.05) is 13.8 Å². The molecule has 1 aliphatic heterocycles. The molecule has 1 aliphatic rings. The third-order valence-corrected chi connectivity index (χ3v) is 4.24. The fourth-order valence-electron chi connectivity index (χ4n) is 2.66. The Kier molecular flexibility index (Phi) is 9.43. The van der Waals surface area contributed by atoms with Crippen molar-refractivity contribution in [3.63, 3.8) is 0 Å². The minimum absolute atomic E-state index is 0.153. The first-order valence-electron chi connectivity index (χ1n) is 8.58. The van der Waals surface area contributed by atoms with Gasteiger partial charge in [-0.05, 0) is 46.7 Å². The van der Waals surface area contributed by atoms with E-state index >= 15 is 0 Å². The number of carbonyl (C=O) groups is 1. The number of hydrogen-bond acceptors (Lipinski definition) is 5. The number of rotatable bonds is 9. The van der Waals surface area contributed by atoms with Crippen LogP contribution < -0.4 is 0 Å². The number of nitrogens with zero attached hydrogens (tertiary/aromatic N) is 4. The van der Waals surface area contributed by atoms with Gasteiger partial charge in [0.05, 0.1) is 0 Å². The van der Waals surface area contributed by atoms with Gasteiger partial charge in [0.15, 0.2) is 0 Å². The number of likely N-dealkylation sites (N-methyl/N-ethyl adjacent to an activating group) is 1. The molecule has 6 nitrogen and oxygen atoms in total. The van der Waals surface area contributed by atoms with E-state index in [2.05, 4.69) is 42.6 Å². The van der Waals surface area contributed by atoms with E-state index in [0.29, 0.717) is 6.61 Å². The summed E-state index contributed by atoms with van der Waals surface area (Å²) in [5.41, 5.74) is 0. The predicted octanol–water partition coefficient (Wildman–Crippen LogP) is 1.03. The molecule has 6 heteroatoms. The highest BCUT2D eigenvalue weighted by molar-refractivity contribution is 5.67. The van der Waals surface area contributed by atoms with Gasteiger partial charge >= 0.3 is 6.09 Å². The van der Waals surface area contributed by atoms with Crippen LogP contribution in [-0.2, 0) is 4.74 Å². The normalized spacial score (nSPS) is 16.5. The zero-order valence-electron chi connectivity index (χ0n) is 14.9. The molecule has 0 aromatic heterocycles. The maximum Gasteiger partial charge on any atom is 0.409 e. The number of hydrogen-bond donors (Lipinski definition) is 0. The summed E-state index contributed by atoms with van der Waals surface area (Å²) < 4.78 is 5.38. The Balaban J connectivity index is 2.14. The second kappa shape index (κ2) is 10.8. The highest BCUT2D eigenvalue weighted by Gasteiger charge is 2.21. The lowest BCUT2D eigenvalue weighted by Gasteiger charge is -2.34. The molecule has 1 saturated heterocycles. The molecule has 1 fully saturated rings. The van der Waals surface area contributed by atoms with Crippen LogP contribution in [0.15, 0.2) is 0 Å². The van der Waals surface area contributed by atoms with Crippen molar-refractivity contribution in [3.05, 3.63) is 0 Å². The Morgan fingerprint density at radius 2 is 1.68 bits per heavy atom. The SMILES string of the molecule is CCN(CC)CCOC(=O)N1CCN(CCCN(C)C)CC1. The Bertz CT molecular complexity index is 301. The fraction of sp³-hybridized carbons (Fsp3) is 0.938. The van der Waals surface area contributed by atoms with Crippen molar-refractivity contribution >= 4 is 6.09 Å². The Hall–Kier alpha value is -0.850. The molecule has 1 heterocycles. The first-order valence-corrected chi connectivity index (χ1v) is 8.58. The molecular weight excluding hydrogens is 280 g/mol. The van der Waals surface area contributed by atoms with Crippen LogP contribution in [0.5, 0.6) is 0 Å². The minimum atomic E-state index is -0.153. The standard InChI is InChI=1S/C16H34N4O2/c1-5-18(6-2)14-15-22-16(21)20-12-10-19(11-13-20)9-7-8-17(3)4/h5-15H2,1-4H3. The summed E-state index contributed by atoms with van der Waals surface area (Å²) in [6.07, 6.45) is 1.03. The zero-order valence-corrected chi connectivity index (χ0v) is 14.9. The third kappa shape index (κ3) is 7.42. The Morgan fingerprint density at radius 3 is 2.23 bits per heavy atom. The minimum Gasteiger partial charge on any atom is -0.448 e. The molecule has 0 unspecified atom stereocenters. The van der Waals surface area contributed by atoms with E-state index in [-0.39, 0.29) is 6.09 Å². The molecule has 0 radical (unpaired) electrons. The van der Waals surface area contributed by atoms with Gasteiger partial charge in [0.25, 0.3) is 0 Å². The first-order chi connectivity index (χ1) is 10.6. The van der Waals surface area contributed by atoms with Crippen molar-refractivity contribution < 1.29 is 9.53 Å². The van der Waals surface area contributed by atoms with Crippen molar-refractivity contribution in [1.29, 1.82) is 0 Å². The second-order valence-electron chi connectivity index (χ2n) is 6.13. The van der Waals surface area contributed by atoms with E-state index in [9.17, 15) is 4.79 Å². The average molecular weight is 314 g/mol. The van der Waals surface area contributed by atoms with Crippen LogP contribution in [0.1, 0.15) is 20.3 Å². The van der Waals surface area contributed by atoms with Gasteiger partial charge in [-0.3, -0.25) is 4.90 Å². The van der Waals surface area contributed by atoms with Crippen molar-refractivity contribution in [2.24, 2.45) is 0 Å². The van der Waals surface area contributed by atoms with Crippen LogP contribution in [0.2, 0.25) is 0 Å². The summed E-state index contributed by atoms with van der Waals surface area (Å²) in [5, 5.41) is 0. The quantitative estimate of drug-likeness (QED) is 0.636. The molecule has 22 heavy (non-hydrogen) atoms. The van der Waals surface area contributed by atoms with Crippen LogP contribution in [0.3, 0.4) is 0 Å². The summed E-state index contributed by atoms with van der Waals surface area (Å²) in [6.45, 7) is 13.3. The lowest BCUT2D eigenvalue weighted by molar-refractivity contribution is 0.0690. The summed E-state index contributed by atoms with van der Waals surface area (Å²) in [5.74, 6) is 0. The van der Waals surface area contributed by atoms with Crippen LogP contribution >= 0.6 is 0 Å². The van der Waals surface area contributed by atoms with Crippen molar-refractivity contribution in [2.45, 2.75) is 20.3 Å². The van der Waals surface area contributed by atoms with E-state index in [4.69, 9.17) is 4.74 Å². The van der Waals surface area contributed by atoms with Crippen molar-refractivity contribution in [2.75, 3.05) is 79.6 Å². The Morgan fingerprint density at radius 1 is 1.05 bits per heavy atom. The van der Waals surface area contributed by atoms with Gasteiger partial charge in [0.1, 0.15) is 6.61 Å². The molecular formula is C16H34N4O2. The van der Waals surface area contributed by atoms with Gasteiger partial charge in [-0.25, -0.2) is 4.79 Å². The first kappa shape index (κ1) is 19.2. The molecule has 0 aromatic carbocycles. The third-order valence-electron chi connectivity index (χ3n) is 4.24. The van der Waals surface area contributed by atoms with Crippen LogP contribution in [-0.4, -0.2) is 105 Å². The van der Waals surface area contributed by atoms with Crippen molar-refractivity contribution in [3.8, 4) is 0 Å². The highest BCUT2D eigenvalue weighted by atomic mass is 16.6. The maximum absolute atomic E-state index is 12.0. The fourth-order valence-corrected chi connectivity index (χ4v) is 2.66. The second-order valence-corrected chi connectivity index (χ2v) is 6.13. The smallest absolute Gasteiger partial charge is 0.409 e. The molecule has 1 amide bonds. The molecule has 1 rings (SSSR count). The summed E-state index contributed by atoms with van der Waals surface area (Å²) >= 11 is 0. The van der Waals surface area contributed by atoms with Crippen LogP contribution in [0, 0.1) is 0 Å². The molecule has 0 aliphatic carbocycles. The van der Waals surface area contributed by atoms with E-state index in [1.165, 1.54) is 6.42 Å². The molecule has 0 aromatic rings. The van der Waals surface area contributed by atoms with Gasteiger partial charge < -0.3 is 19.4 Å². The maximum atomic E-state index is 12.0. The lowest BCUT2D eigenvalue weighted by Crippen LogP contribution is -2.49. The average Bonchev–Trinajstić information content (AvgIpc) is 2.51. The lowest BCUT2D eigenvalue weighted by atomic mass is 10.3. The predicted molar refractivity (Wildman–Crippen MR) is 90.3 cm³/mol. The van der Waals surface area contributed by atoms with E-state index < -0.39 is 0 Å².